The summed E-state index contributed by atoms with van der Waals surface area (Å²) in [5.41, 5.74) is 7.00. The highest BCUT2D eigenvalue weighted by Gasteiger charge is 2.38. The molecule has 1 fully saturated rings. The molecule has 1 saturated heterocycles. The molecule has 25 heavy (non-hydrogen) atoms. The van der Waals surface area contributed by atoms with Gasteiger partial charge >= 0.3 is 0 Å². The fraction of sp³-hybridized carbons (Fsp3) is 0.412. The molecule has 3 rings (SSSR count). The Morgan fingerprint density at radius 1 is 1.48 bits per heavy atom. The molecule has 5 nitrogen and oxygen atoms in total. The van der Waals surface area contributed by atoms with Gasteiger partial charge in [0.2, 0.25) is 5.91 Å². The van der Waals surface area contributed by atoms with Crippen LogP contribution < -0.4 is 11.1 Å². The lowest BCUT2D eigenvalue weighted by atomic mass is 9.79. The van der Waals surface area contributed by atoms with Crippen LogP contribution in [0.15, 0.2) is 32.8 Å². The predicted molar refractivity (Wildman–Crippen MR) is 103 cm³/mol. The molecule has 1 aromatic carbocycles. The van der Waals surface area contributed by atoms with Crippen molar-refractivity contribution in [1.29, 1.82) is 0 Å². The van der Waals surface area contributed by atoms with Gasteiger partial charge in [-0.15, -0.1) is 11.3 Å². The van der Waals surface area contributed by atoms with Crippen molar-refractivity contribution in [1.82, 2.24) is 4.98 Å². The lowest BCUT2D eigenvalue weighted by molar-refractivity contribution is -0.130. The third-order valence-electron chi connectivity index (χ3n) is 4.31. The van der Waals surface area contributed by atoms with Crippen LogP contribution in [0.5, 0.6) is 0 Å². The summed E-state index contributed by atoms with van der Waals surface area (Å²) in [6.45, 7) is 3.40. The van der Waals surface area contributed by atoms with Crippen LogP contribution in [0.25, 0.3) is 0 Å². The number of hydrogen-bond donors (Lipinski definition) is 2. The van der Waals surface area contributed by atoms with Crippen molar-refractivity contribution in [2.45, 2.75) is 29.0 Å². The molecule has 0 spiro atoms. The van der Waals surface area contributed by atoms with Crippen LogP contribution >= 0.6 is 34.7 Å². The normalized spacial score (nSPS) is 16.6. The van der Waals surface area contributed by atoms with Crippen molar-refractivity contribution in [3.8, 4) is 0 Å². The molecule has 0 unspecified atom stereocenters. The van der Waals surface area contributed by atoms with Gasteiger partial charge in [-0.25, -0.2) is 4.98 Å². The number of aromatic nitrogens is 1. The van der Waals surface area contributed by atoms with Gasteiger partial charge < -0.3 is 15.8 Å². The van der Waals surface area contributed by atoms with Crippen molar-refractivity contribution in [2.24, 2.45) is 11.1 Å². The molecular formula is C17H20ClN3O2S2. The number of thiazole rings is 1. The number of amides is 1. The number of hydrogen-bond acceptors (Lipinski definition) is 6. The van der Waals surface area contributed by atoms with Crippen LogP contribution in [-0.4, -0.2) is 30.6 Å². The SMILES string of the molecule is Cc1csc(Sc2ccc(NC(=O)C3(CN)CCOCC3)cc2Cl)n1. The number of aryl methyl sites for hydroxylation is 1. The molecule has 1 aliphatic heterocycles. The Labute approximate surface area is 160 Å². The molecule has 0 saturated carbocycles. The quantitative estimate of drug-likeness (QED) is 0.798. The van der Waals surface area contributed by atoms with Crippen LogP contribution in [0.1, 0.15) is 18.5 Å². The minimum Gasteiger partial charge on any atom is -0.381 e. The van der Waals surface area contributed by atoms with E-state index in [2.05, 4.69) is 10.3 Å². The Bertz CT molecular complexity index is 760. The summed E-state index contributed by atoms with van der Waals surface area (Å²) in [6, 6.07) is 5.53. The lowest BCUT2D eigenvalue weighted by Crippen LogP contribution is -2.46. The Morgan fingerprint density at radius 2 is 2.24 bits per heavy atom. The minimum atomic E-state index is -0.559. The average molecular weight is 398 g/mol. The smallest absolute Gasteiger partial charge is 0.232 e. The van der Waals surface area contributed by atoms with Gasteiger partial charge in [-0.1, -0.05) is 23.4 Å². The highest BCUT2D eigenvalue weighted by Crippen LogP contribution is 2.37. The fourth-order valence-electron chi connectivity index (χ4n) is 2.68. The number of nitrogens with two attached hydrogens (primary N) is 1. The molecule has 1 aliphatic rings. The molecule has 1 aromatic heterocycles. The minimum absolute atomic E-state index is 0.0645. The van der Waals surface area contributed by atoms with E-state index in [1.807, 2.05) is 24.4 Å². The first-order valence-electron chi connectivity index (χ1n) is 8.01. The van der Waals surface area contributed by atoms with Crippen molar-refractivity contribution in [2.75, 3.05) is 25.1 Å². The van der Waals surface area contributed by atoms with E-state index in [-0.39, 0.29) is 5.91 Å². The molecule has 0 radical (unpaired) electrons. The third-order valence-corrected chi connectivity index (χ3v) is 6.86. The monoisotopic (exact) mass is 397 g/mol. The Hall–Kier alpha value is -1.12. The van der Waals surface area contributed by atoms with Gasteiger partial charge in [0.25, 0.3) is 0 Å². The summed E-state index contributed by atoms with van der Waals surface area (Å²) in [5, 5.41) is 5.55. The lowest BCUT2D eigenvalue weighted by Gasteiger charge is -2.34. The number of anilines is 1. The molecule has 2 heterocycles. The van der Waals surface area contributed by atoms with E-state index >= 15 is 0 Å². The first kappa shape index (κ1) is 18.7. The molecule has 2 aromatic rings. The molecule has 8 heteroatoms. The van der Waals surface area contributed by atoms with Crippen LogP contribution in [-0.2, 0) is 9.53 Å². The molecule has 0 bridgehead atoms. The van der Waals surface area contributed by atoms with Gasteiger partial charge in [-0.05, 0) is 38.0 Å². The number of rotatable bonds is 5. The summed E-state index contributed by atoms with van der Waals surface area (Å²) >= 11 is 9.49. The van der Waals surface area contributed by atoms with E-state index in [1.54, 1.807) is 17.4 Å². The molecule has 0 atom stereocenters. The zero-order valence-corrected chi connectivity index (χ0v) is 16.3. The second kappa shape index (κ2) is 8.05. The van der Waals surface area contributed by atoms with Gasteiger partial charge in [0.05, 0.1) is 10.4 Å². The standard InChI is InChI=1S/C17H20ClN3O2S2/c1-11-9-24-16(20-11)25-14-3-2-12(8-13(14)18)21-15(22)17(10-19)4-6-23-7-5-17/h2-3,8-9H,4-7,10,19H2,1H3,(H,21,22). The maximum atomic E-state index is 12.7. The summed E-state index contributed by atoms with van der Waals surface area (Å²) in [6.07, 6.45) is 1.28. The van der Waals surface area contributed by atoms with Crippen LogP contribution in [0.4, 0.5) is 5.69 Å². The number of carbonyl (C=O) groups is 1. The molecule has 134 valence electrons. The van der Waals surface area contributed by atoms with E-state index in [1.165, 1.54) is 11.8 Å². The van der Waals surface area contributed by atoms with Crippen molar-refractivity contribution in [3.63, 3.8) is 0 Å². The van der Waals surface area contributed by atoms with Gasteiger partial charge in [-0.2, -0.15) is 0 Å². The van der Waals surface area contributed by atoms with Crippen LogP contribution in [0.2, 0.25) is 5.02 Å². The van der Waals surface area contributed by atoms with Gasteiger partial charge in [0, 0.05) is 41.4 Å². The molecule has 0 aliphatic carbocycles. The van der Waals surface area contributed by atoms with Gasteiger partial charge in [0.1, 0.15) is 0 Å². The highest BCUT2D eigenvalue weighted by molar-refractivity contribution is 8.01. The van der Waals surface area contributed by atoms with E-state index in [0.29, 0.717) is 43.3 Å². The topological polar surface area (TPSA) is 77.2 Å². The summed E-state index contributed by atoms with van der Waals surface area (Å²) in [4.78, 5) is 18.0. The average Bonchev–Trinajstić information content (AvgIpc) is 3.03. The van der Waals surface area contributed by atoms with Crippen molar-refractivity contribution < 1.29 is 9.53 Å². The number of nitrogens with one attached hydrogen (secondary N) is 1. The van der Waals surface area contributed by atoms with E-state index in [4.69, 9.17) is 22.1 Å². The maximum absolute atomic E-state index is 12.7. The zero-order valence-electron chi connectivity index (χ0n) is 13.9. The molecule has 1 amide bonds. The Morgan fingerprint density at radius 3 is 2.84 bits per heavy atom. The Kier molecular flexibility index (Phi) is 6.01. The third kappa shape index (κ3) is 4.35. The molecular weight excluding hydrogens is 378 g/mol. The fourth-order valence-corrected chi connectivity index (χ4v) is 4.78. The predicted octanol–water partition coefficient (Wildman–Crippen LogP) is 3.95. The summed E-state index contributed by atoms with van der Waals surface area (Å²) in [5.74, 6) is -0.0645. The first-order chi connectivity index (χ1) is 12.0. The van der Waals surface area contributed by atoms with E-state index in [9.17, 15) is 4.79 Å². The van der Waals surface area contributed by atoms with Gasteiger partial charge in [0.15, 0.2) is 4.34 Å². The summed E-state index contributed by atoms with van der Waals surface area (Å²) < 4.78 is 6.30. The first-order valence-corrected chi connectivity index (χ1v) is 10.1. The number of halogens is 1. The second-order valence-corrected chi connectivity index (χ2v) is 8.61. The zero-order chi connectivity index (χ0) is 17.9. The number of nitrogens with zero attached hydrogens (tertiary/aromatic N) is 1. The van der Waals surface area contributed by atoms with E-state index < -0.39 is 5.41 Å². The maximum Gasteiger partial charge on any atom is 0.232 e. The van der Waals surface area contributed by atoms with Crippen LogP contribution in [0.3, 0.4) is 0 Å². The number of benzene rings is 1. The number of ether oxygens (including phenoxy) is 1. The van der Waals surface area contributed by atoms with Crippen molar-refractivity contribution >= 4 is 46.3 Å². The molecule has 3 N–H and O–H groups in total. The largest absolute Gasteiger partial charge is 0.381 e. The van der Waals surface area contributed by atoms with Crippen molar-refractivity contribution in [3.05, 3.63) is 34.3 Å². The van der Waals surface area contributed by atoms with Crippen LogP contribution in [0, 0.1) is 12.3 Å². The highest BCUT2D eigenvalue weighted by atomic mass is 35.5. The van der Waals surface area contributed by atoms with Gasteiger partial charge in [-0.3, -0.25) is 4.79 Å². The number of carbonyl (C=O) groups excluding carboxylic acids is 1. The summed E-state index contributed by atoms with van der Waals surface area (Å²) in [7, 11) is 0. The second-order valence-electron chi connectivity index (χ2n) is 6.05. The Balaban J connectivity index is 1.71. The van der Waals surface area contributed by atoms with E-state index in [0.717, 1.165) is 14.9 Å².